The molecule has 2 nitrogen and oxygen atoms in total. The molecule has 0 aliphatic heterocycles. The molecule has 0 radical (unpaired) electrons. The van der Waals surface area contributed by atoms with E-state index in [1.54, 1.807) is 7.11 Å². The molecule has 0 bridgehead atoms. The summed E-state index contributed by atoms with van der Waals surface area (Å²) in [4.78, 5) is 0. The summed E-state index contributed by atoms with van der Waals surface area (Å²) >= 11 is 5.77. The van der Waals surface area contributed by atoms with E-state index in [0.717, 1.165) is 25.5 Å². The molecule has 1 aliphatic rings. The molecule has 11 heavy (non-hydrogen) atoms. The summed E-state index contributed by atoms with van der Waals surface area (Å²) in [5.74, 6) is 0.750. The van der Waals surface area contributed by atoms with E-state index in [9.17, 15) is 0 Å². The zero-order chi connectivity index (χ0) is 8.16. The van der Waals surface area contributed by atoms with Gasteiger partial charge in [0.1, 0.15) is 0 Å². The second kappa shape index (κ2) is 4.29. The number of ether oxygens (including phenoxy) is 1. The Morgan fingerprint density at radius 2 is 2.27 bits per heavy atom. The first-order valence-electron chi connectivity index (χ1n) is 4.13. The topological polar surface area (TPSA) is 21.3 Å². The van der Waals surface area contributed by atoms with Gasteiger partial charge >= 0.3 is 0 Å². The summed E-state index contributed by atoms with van der Waals surface area (Å²) in [7, 11) is 1.73. The smallest absolute Gasteiger partial charge is 0.0474 e. The van der Waals surface area contributed by atoms with Crippen LogP contribution in [-0.4, -0.2) is 31.7 Å². The Kier molecular flexibility index (Phi) is 3.63. The third kappa shape index (κ3) is 2.97. The molecular formula is C8H16ClNO. The molecule has 1 rings (SSSR count). The Bertz CT molecular complexity index is 115. The zero-order valence-electron chi connectivity index (χ0n) is 7.03. The fourth-order valence-corrected chi connectivity index (χ4v) is 1.44. The Labute approximate surface area is 73.3 Å². The number of hydrogen-bond acceptors (Lipinski definition) is 2. The van der Waals surface area contributed by atoms with Crippen LogP contribution in [0.1, 0.15) is 19.3 Å². The minimum absolute atomic E-state index is 0.301. The van der Waals surface area contributed by atoms with E-state index in [1.165, 1.54) is 12.8 Å². The van der Waals surface area contributed by atoms with Crippen molar-refractivity contribution in [3.05, 3.63) is 0 Å². The van der Waals surface area contributed by atoms with Gasteiger partial charge in [-0.15, -0.1) is 11.6 Å². The van der Waals surface area contributed by atoms with Crippen molar-refractivity contribution in [1.29, 1.82) is 0 Å². The first-order chi connectivity index (χ1) is 5.33. The summed E-state index contributed by atoms with van der Waals surface area (Å²) in [6.07, 6.45) is 3.56. The zero-order valence-corrected chi connectivity index (χ0v) is 7.78. The number of alkyl halides is 1. The van der Waals surface area contributed by atoms with E-state index in [2.05, 4.69) is 5.32 Å². The Hall–Kier alpha value is 0.210. The first-order valence-corrected chi connectivity index (χ1v) is 4.66. The van der Waals surface area contributed by atoms with Crippen molar-refractivity contribution in [2.24, 2.45) is 0 Å². The SMILES string of the molecule is COCCCNC1(CCl)CC1. The van der Waals surface area contributed by atoms with E-state index < -0.39 is 0 Å². The van der Waals surface area contributed by atoms with Crippen LogP contribution < -0.4 is 5.32 Å². The van der Waals surface area contributed by atoms with Crippen molar-refractivity contribution >= 4 is 11.6 Å². The number of halogens is 1. The van der Waals surface area contributed by atoms with E-state index in [-0.39, 0.29) is 0 Å². The minimum Gasteiger partial charge on any atom is -0.385 e. The van der Waals surface area contributed by atoms with Gasteiger partial charge in [-0.2, -0.15) is 0 Å². The number of rotatable bonds is 6. The quantitative estimate of drug-likeness (QED) is 0.489. The van der Waals surface area contributed by atoms with E-state index in [1.807, 2.05) is 0 Å². The average Bonchev–Trinajstić information content (AvgIpc) is 2.80. The van der Waals surface area contributed by atoms with Gasteiger partial charge in [-0.05, 0) is 25.8 Å². The van der Waals surface area contributed by atoms with Crippen LogP contribution in [0.3, 0.4) is 0 Å². The Balaban J connectivity index is 1.94. The van der Waals surface area contributed by atoms with Gasteiger partial charge in [0.25, 0.3) is 0 Å². The maximum atomic E-state index is 5.77. The molecule has 0 amide bonds. The summed E-state index contributed by atoms with van der Waals surface area (Å²) in [5, 5.41) is 3.44. The van der Waals surface area contributed by atoms with Gasteiger partial charge in [-0.3, -0.25) is 0 Å². The highest BCUT2D eigenvalue weighted by molar-refractivity contribution is 6.18. The van der Waals surface area contributed by atoms with Crippen molar-refractivity contribution in [2.45, 2.75) is 24.8 Å². The molecule has 0 aromatic carbocycles. The van der Waals surface area contributed by atoms with Crippen LogP contribution >= 0.6 is 11.6 Å². The summed E-state index contributed by atoms with van der Waals surface area (Å²) in [6, 6.07) is 0. The lowest BCUT2D eigenvalue weighted by molar-refractivity contribution is 0.193. The summed E-state index contributed by atoms with van der Waals surface area (Å²) in [6.45, 7) is 1.87. The fraction of sp³-hybridized carbons (Fsp3) is 1.00. The lowest BCUT2D eigenvalue weighted by atomic mass is 10.3. The molecule has 0 atom stereocenters. The maximum absolute atomic E-state index is 5.77. The first kappa shape index (κ1) is 9.30. The van der Waals surface area contributed by atoms with Crippen LogP contribution in [0.4, 0.5) is 0 Å². The molecule has 1 saturated carbocycles. The highest BCUT2D eigenvalue weighted by Gasteiger charge is 2.40. The predicted octanol–water partition coefficient (Wildman–Crippen LogP) is 1.38. The highest BCUT2D eigenvalue weighted by Crippen LogP contribution is 2.36. The van der Waals surface area contributed by atoms with Crippen molar-refractivity contribution in [3.8, 4) is 0 Å². The van der Waals surface area contributed by atoms with Crippen molar-refractivity contribution < 1.29 is 4.74 Å². The molecule has 0 heterocycles. The van der Waals surface area contributed by atoms with Gasteiger partial charge in [0, 0.05) is 25.1 Å². The van der Waals surface area contributed by atoms with Crippen molar-refractivity contribution in [3.63, 3.8) is 0 Å². The number of methoxy groups -OCH3 is 1. The minimum atomic E-state index is 0.301. The number of hydrogen-bond donors (Lipinski definition) is 1. The molecule has 0 saturated heterocycles. The van der Waals surface area contributed by atoms with E-state index >= 15 is 0 Å². The molecule has 0 aromatic heterocycles. The molecule has 1 aliphatic carbocycles. The molecule has 0 spiro atoms. The van der Waals surface area contributed by atoms with Crippen LogP contribution in [0, 0.1) is 0 Å². The second-order valence-electron chi connectivity index (χ2n) is 3.19. The summed E-state index contributed by atoms with van der Waals surface area (Å²) in [5.41, 5.74) is 0.301. The van der Waals surface area contributed by atoms with E-state index in [4.69, 9.17) is 16.3 Å². The molecule has 0 aromatic rings. The van der Waals surface area contributed by atoms with E-state index in [0.29, 0.717) is 5.54 Å². The van der Waals surface area contributed by atoms with Gasteiger partial charge in [0.2, 0.25) is 0 Å². The largest absolute Gasteiger partial charge is 0.385 e. The second-order valence-corrected chi connectivity index (χ2v) is 3.45. The molecule has 66 valence electrons. The number of nitrogens with one attached hydrogen (secondary N) is 1. The molecule has 1 fully saturated rings. The van der Waals surface area contributed by atoms with Crippen molar-refractivity contribution in [1.82, 2.24) is 5.32 Å². The third-order valence-electron chi connectivity index (χ3n) is 2.13. The Morgan fingerprint density at radius 1 is 1.55 bits per heavy atom. The third-order valence-corrected chi connectivity index (χ3v) is 2.65. The fourth-order valence-electron chi connectivity index (χ4n) is 1.08. The standard InChI is InChI=1S/C8H16ClNO/c1-11-6-2-5-10-8(7-9)3-4-8/h10H,2-7H2,1H3. The van der Waals surface area contributed by atoms with Crippen LogP contribution in [0.25, 0.3) is 0 Å². The summed E-state index contributed by atoms with van der Waals surface area (Å²) < 4.78 is 4.94. The monoisotopic (exact) mass is 177 g/mol. The van der Waals surface area contributed by atoms with Gasteiger partial charge in [-0.25, -0.2) is 0 Å². The lowest BCUT2D eigenvalue weighted by Crippen LogP contribution is -2.34. The normalized spacial score (nSPS) is 20.2. The molecule has 1 N–H and O–H groups in total. The molecule has 3 heteroatoms. The highest BCUT2D eigenvalue weighted by atomic mass is 35.5. The van der Waals surface area contributed by atoms with Gasteiger partial charge in [0.05, 0.1) is 0 Å². The predicted molar refractivity (Wildman–Crippen MR) is 47.2 cm³/mol. The van der Waals surface area contributed by atoms with Gasteiger partial charge < -0.3 is 10.1 Å². The van der Waals surface area contributed by atoms with Crippen LogP contribution in [0.2, 0.25) is 0 Å². The van der Waals surface area contributed by atoms with Crippen LogP contribution in [0.5, 0.6) is 0 Å². The van der Waals surface area contributed by atoms with Crippen LogP contribution in [-0.2, 0) is 4.74 Å². The lowest BCUT2D eigenvalue weighted by Gasteiger charge is -2.12. The van der Waals surface area contributed by atoms with Gasteiger partial charge in [0.15, 0.2) is 0 Å². The van der Waals surface area contributed by atoms with Gasteiger partial charge in [-0.1, -0.05) is 0 Å². The Morgan fingerprint density at radius 3 is 2.73 bits per heavy atom. The average molecular weight is 178 g/mol. The molecular weight excluding hydrogens is 162 g/mol. The maximum Gasteiger partial charge on any atom is 0.0474 e. The van der Waals surface area contributed by atoms with Crippen LogP contribution in [0.15, 0.2) is 0 Å². The van der Waals surface area contributed by atoms with Crippen molar-refractivity contribution in [2.75, 3.05) is 26.1 Å². The molecule has 0 unspecified atom stereocenters.